The number of benzene rings is 3. The molecule has 32 heavy (non-hydrogen) atoms. The number of anilines is 1. The first-order chi connectivity index (χ1) is 15.1. The van der Waals surface area contributed by atoms with Gasteiger partial charge < -0.3 is 5.32 Å². The van der Waals surface area contributed by atoms with Gasteiger partial charge in [0.2, 0.25) is 15.9 Å². The predicted octanol–water partition coefficient (Wildman–Crippen LogP) is 4.33. The monoisotopic (exact) mass is 474 g/mol. The van der Waals surface area contributed by atoms with Crippen molar-refractivity contribution < 1.29 is 22.4 Å². The van der Waals surface area contributed by atoms with Gasteiger partial charge in [-0.1, -0.05) is 54.1 Å². The van der Waals surface area contributed by atoms with Crippen molar-refractivity contribution in [1.29, 1.82) is 0 Å². The number of carbonyl (C=O) groups excluding carboxylic acids is 2. The number of sulfonamides is 1. The highest BCUT2D eigenvalue weighted by molar-refractivity contribution is 7.88. The molecule has 3 aromatic carbocycles. The number of amides is 1. The summed E-state index contributed by atoms with van der Waals surface area (Å²) in [4.78, 5) is 25.7. The molecule has 1 atom stereocenters. The smallest absolute Gasteiger partial charge is 0.226 e. The Labute approximate surface area is 190 Å². The molecule has 0 fully saturated rings. The molecule has 9 heteroatoms. The number of hydrogen-bond acceptors (Lipinski definition) is 4. The van der Waals surface area contributed by atoms with Crippen LogP contribution in [0.2, 0.25) is 5.02 Å². The van der Waals surface area contributed by atoms with Gasteiger partial charge in [-0.3, -0.25) is 9.59 Å². The van der Waals surface area contributed by atoms with E-state index in [1.165, 1.54) is 42.5 Å². The molecule has 0 saturated carbocycles. The van der Waals surface area contributed by atoms with Crippen molar-refractivity contribution in [2.45, 2.75) is 12.5 Å². The molecule has 1 amide bonds. The van der Waals surface area contributed by atoms with Crippen molar-refractivity contribution in [1.82, 2.24) is 4.72 Å². The highest BCUT2D eigenvalue weighted by Crippen LogP contribution is 2.25. The van der Waals surface area contributed by atoms with Crippen LogP contribution in [0, 0.1) is 5.82 Å². The van der Waals surface area contributed by atoms with Crippen LogP contribution < -0.4 is 10.0 Å². The van der Waals surface area contributed by atoms with Crippen LogP contribution in [-0.4, -0.2) is 26.4 Å². The van der Waals surface area contributed by atoms with Crippen LogP contribution in [0.3, 0.4) is 0 Å². The van der Waals surface area contributed by atoms with Crippen LogP contribution in [0.4, 0.5) is 10.1 Å². The molecule has 0 saturated heterocycles. The van der Waals surface area contributed by atoms with E-state index in [0.717, 1.165) is 6.26 Å². The lowest BCUT2D eigenvalue weighted by atomic mass is 10.0. The molecule has 0 unspecified atom stereocenters. The summed E-state index contributed by atoms with van der Waals surface area (Å²) < 4.78 is 39.2. The molecule has 2 N–H and O–H groups in total. The average Bonchev–Trinajstić information content (AvgIpc) is 2.74. The topological polar surface area (TPSA) is 92.3 Å². The molecular formula is C23H20ClFN2O4S. The summed E-state index contributed by atoms with van der Waals surface area (Å²) in [5.41, 5.74) is 1.29. The second-order valence-electron chi connectivity index (χ2n) is 7.13. The minimum Gasteiger partial charge on any atom is -0.325 e. The maximum absolute atomic E-state index is 13.3. The number of rotatable bonds is 8. The Morgan fingerprint density at radius 3 is 2.28 bits per heavy atom. The predicted molar refractivity (Wildman–Crippen MR) is 122 cm³/mol. The van der Waals surface area contributed by atoms with E-state index in [9.17, 15) is 22.4 Å². The van der Waals surface area contributed by atoms with Crippen molar-refractivity contribution in [3.63, 3.8) is 0 Å². The lowest BCUT2D eigenvalue weighted by Gasteiger charge is -2.18. The van der Waals surface area contributed by atoms with Crippen molar-refractivity contribution in [2.24, 2.45) is 0 Å². The fourth-order valence-electron chi connectivity index (χ4n) is 3.13. The third-order valence-electron chi connectivity index (χ3n) is 4.55. The summed E-state index contributed by atoms with van der Waals surface area (Å²) in [6.07, 6.45) is 0.692. The van der Waals surface area contributed by atoms with E-state index in [4.69, 9.17) is 11.6 Å². The molecule has 0 heterocycles. The van der Waals surface area contributed by atoms with Gasteiger partial charge in [-0.2, -0.15) is 0 Å². The average molecular weight is 475 g/mol. The van der Waals surface area contributed by atoms with Crippen molar-refractivity contribution in [3.8, 4) is 0 Å². The molecule has 0 aliphatic rings. The van der Waals surface area contributed by atoms with Gasteiger partial charge in [0, 0.05) is 22.6 Å². The largest absolute Gasteiger partial charge is 0.325 e. The van der Waals surface area contributed by atoms with E-state index in [1.807, 2.05) is 0 Å². The summed E-state index contributed by atoms with van der Waals surface area (Å²) in [5.74, 6) is -1.35. The summed E-state index contributed by atoms with van der Waals surface area (Å²) in [7, 11) is -3.66. The molecule has 0 aliphatic carbocycles. The van der Waals surface area contributed by atoms with Crippen molar-refractivity contribution in [3.05, 3.63) is 100 Å². The number of carbonyl (C=O) groups is 2. The van der Waals surface area contributed by atoms with E-state index in [0.29, 0.717) is 16.1 Å². The number of halogens is 2. The zero-order chi connectivity index (χ0) is 23.3. The molecule has 0 spiro atoms. The van der Waals surface area contributed by atoms with Crippen molar-refractivity contribution >= 4 is 39.0 Å². The third kappa shape index (κ3) is 6.46. The second kappa shape index (κ2) is 10.0. The Kier molecular flexibility index (Phi) is 7.40. The first kappa shape index (κ1) is 23.6. The van der Waals surface area contributed by atoms with Gasteiger partial charge in [-0.15, -0.1) is 0 Å². The molecule has 3 aromatic rings. The van der Waals surface area contributed by atoms with Crippen LogP contribution in [0.25, 0.3) is 0 Å². The highest BCUT2D eigenvalue weighted by Gasteiger charge is 2.22. The third-order valence-corrected chi connectivity index (χ3v) is 5.50. The van der Waals surface area contributed by atoms with Crippen LogP contribution in [0.5, 0.6) is 0 Å². The van der Waals surface area contributed by atoms with Crippen LogP contribution in [-0.2, 0) is 14.8 Å². The summed E-state index contributed by atoms with van der Waals surface area (Å²) in [6, 6.07) is 17.3. The fraction of sp³-hybridized carbons (Fsp3) is 0.130. The maximum atomic E-state index is 13.3. The Balaban J connectivity index is 1.85. The molecule has 0 aliphatic heterocycles. The molecule has 0 bridgehead atoms. The standard InChI is InChI=1S/C23H20ClFN2O4S/c1-32(30,31)27-21(15-7-10-18(25)11-8-15)14-22(28)26-20-12-9-17(24)13-19(20)23(29)16-5-3-2-4-6-16/h2-13,21,27H,14H2,1H3,(H,26,28)/t21-/m1/s1. The molecule has 0 aromatic heterocycles. The zero-order valence-electron chi connectivity index (χ0n) is 17.0. The number of ketones is 1. The Hall–Kier alpha value is -3.07. The van der Waals surface area contributed by atoms with E-state index in [2.05, 4.69) is 10.0 Å². The Morgan fingerprint density at radius 2 is 1.66 bits per heavy atom. The van der Waals surface area contributed by atoms with E-state index < -0.39 is 27.8 Å². The van der Waals surface area contributed by atoms with Gasteiger partial charge in [-0.25, -0.2) is 17.5 Å². The van der Waals surface area contributed by atoms with Crippen LogP contribution in [0.15, 0.2) is 72.8 Å². The lowest BCUT2D eigenvalue weighted by Crippen LogP contribution is -2.31. The SMILES string of the molecule is CS(=O)(=O)N[C@H](CC(=O)Nc1ccc(Cl)cc1C(=O)c1ccccc1)c1ccc(F)cc1. The van der Waals surface area contributed by atoms with Crippen LogP contribution in [0.1, 0.15) is 33.9 Å². The molecule has 6 nitrogen and oxygen atoms in total. The minimum atomic E-state index is -3.66. The van der Waals surface area contributed by atoms with E-state index in [-0.39, 0.29) is 23.5 Å². The minimum absolute atomic E-state index is 0.200. The highest BCUT2D eigenvalue weighted by atomic mass is 35.5. The Morgan fingerprint density at radius 1 is 1.00 bits per heavy atom. The zero-order valence-corrected chi connectivity index (χ0v) is 18.6. The molecule has 166 valence electrons. The van der Waals surface area contributed by atoms with E-state index >= 15 is 0 Å². The van der Waals surface area contributed by atoms with Gasteiger partial charge >= 0.3 is 0 Å². The summed E-state index contributed by atoms with van der Waals surface area (Å²) in [6.45, 7) is 0. The van der Waals surface area contributed by atoms with Gasteiger partial charge in [-0.05, 0) is 35.9 Å². The molecular weight excluding hydrogens is 455 g/mol. The van der Waals surface area contributed by atoms with Gasteiger partial charge in [0.15, 0.2) is 5.78 Å². The van der Waals surface area contributed by atoms with Gasteiger partial charge in [0.1, 0.15) is 5.82 Å². The number of nitrogens with one attached hydrogen (secondary N) is 2. The fourth-order valence-corrected chi connectivity index (χ4v) is 4.03. The van der Waals surface area contributed by atoms with Crippen molar-refractivity contribution in [2.75, 3.05) is 11.6 Å². The van der Waals surface area contributed by atoms with E-state index in [1.54, 1.807) is 30.3 Å². The van der Waals surface area contributed by atoms with Crippen LogP contribution >= 0.6 is 11.6 Å². The first-order valence-corrected chi connectivity index (χ1v) is 11.8. The lowest BCUT2D eigenvalue weighted by molar-refractivity contribution is -0.116. The van der Waals surface area contributed by atoms with Gasteiger partial charge in [0.25, 0.3) is 0 Å². The quantitative estimate of drug-likeness (QED) is 0.475. The number of hydrogen-bond donors (Lipinski definition) is 2. The summed E-state index contributed by atoms with van der Waals surface area (Å²) in [5, 5.41) is 2.98. The Bertz CT molecular complexity index is 1230. The molecule has 3 rings (SSSR count). The second-order valence-corrected chi connectivity index (χ2v) is 9.35. The maximum Gasteiger partial charge on any atom is 0.226 e. The van der Waals surface area contributed by atoms with Gasteiger partial charge in [0.05, 0.1) is 18.0 Å². The molecule has 0 radical (unpaired) electrons. The first-order valence-electron chi connectivity index (χ1n) is 9.54. The normalized spacial score (nSPS) is 12.2. The summed E-state index contributed by atoms with van der Waals surface area (Å²) >= 11 is 6.06.